The highest BCUT2D eigenvalue weighted by Gasteiger charge is 2.26. The van der Waals surface area contributed by atoms with Crippen molar-refractivity contribution in [3.63, 3.8) is 0 Å². The van der Waals surface area contributed by atoms with Gasteiger partial charge < -0.3 is 9.73 Å². The van der Waals surface area contributed by atoms with Crippen LogP contribution >= 0.6 is 11.6 Å². The van der Waals surface area contributed by atoms with Gasteiger partial charge in [-0.15, -0.1) is 0 Å². The summed E-state index contributed by atoms with van der Waals surface area (Å²) in [4.78, 5) is 12.1. The van der Waals surface area contributed by atoms with Crippen LogP contribution in [-0.2, 0) is 0 Å². The molecular formula is C13H12ClNO2. The molecule has 3 rings (SSSR count). The lowest BCUT2D eigenvalue weighted by atomic mass is 10.1. The Labute approximate surface area is 104 Å². The van der Waals surface area contributed by atoms with E-state index in [9.17, 15) is 4.79 Å². The fourth-order valence-corrected chi connectivity index (χ4v) is 2.45. The number of hydrogen-bond donors (Lipinski definition) is 1. The molecule has 1 aromatic carbocycles. The second-order valence-electron chi connectivity index (χ2n) is 4.28. The molecule has 4 heteroatoms. The molecule has 3 nitrogen and oxygen atoms in total. The van der Waals surface area contributed by atoms with Crippen molar-refractivity contribution in [3.05, 3.63) is 35.0 Å². The molecule has 88 valence electrons. The van der Waals surface area contributed by atoms with Crippen LogP contribution in [0.3, 0.4) is 0 Å². The highest BCUT2D eigenvalue weighted by molar-refractivity contribution is 6.34. The van der Waals surface area contributed by atoms with E-state index in [0.717, 1.165) is 24.8 Å². The van der Waals surface area contributed by atoms with E-state index in [0.29, 0.717) is 16.4 Å². The minimum absolute atomic E-state index is 0.0229. The first-order chi connectivity index (χ1) is 8.25. The molecule has 0 amide bonds. The van der Waals surface area contributed by atoms with Gasteiger partial charge in [0.1, 0.15) is 0 Å². The van der Waals surface area contributed by atoms with Crippen molar-refractivity contribution in [2.75, 3.05) is 6.54 Å². The van der Waals surface area contributed by atoms with Crippen molar-refractivity contribution in [3.8, 4) is 0 Å². The minimum Gasteiger partial charge on any atom is -0.451 e. The number of Topliss-reactive ketones (excluding diaryl/α,β-unsaturated/α-hetero) is 1. The third kappa shape index (κ3) is 1.85. The summed E-state index contributed by atoms with van der Waals surface area (Å²) in [5, 5.41) is 4.59. The van der Waals surface area contributed by atoms with Crippen LogP contribution in [0.25, 0.3) is 11.0 Å². The molecule has 1 unspecified atom stereocenters. The van der Waals surface area contributed by atoms with E-state index in [1.807, 2.05) is 12.1 Å². The highest BCUT2D eigenvalue weighted by Crippen LogP contribution is 2.27. The van der Waals surface area contributed by atoms with E-state index < -0.39 is 0 Å². The maximum Gasteiger partial charge on any atom is 0.214 e. The number of ketones is 1. The smallest absolute Gasteiger partial charge is 0.214 e. The molecule has 0 saturated carbocycles. The Morgan fingerprint density at radius 3 is 3.06 bits per heavy atom. The first kappa shape index (κ1) is 10.8. The molecule has 1 N–H and O–H groups in total. The molecule has 0 spiro atoms. The second kappa shape index (κ2) is 4.17. The summed E-state index contributed by atoms with van der Waals surface area (Å²) in [6.07, 6.45) is 1.92. The molecule has 0 radical (unpaired) electrons. The Morgan fingerprint density at radius 2 is 2.35 bits per heavy atom. The lowest BCUT2D eigenvalue weighted by molar-refractivity contribution is 0.0927. The molecule has 1 atom stereocenters. The predicted molar refractivity (Wildman–Crippen MR) is 66.6 cm³/mol. The van der Waals surface area contributed by atoms with E-state index >= 15 is 0 Å². The first-order valence-electron chi connectivity index (χ1n) is 5.71. The largest absolute Gasteiger partial charge is 0.451 e. The van der Waals surface area contributed by atoms with Gasteiger partial charge in [-0.2, -0.15) is 0 Å². The van der Waals surface area contributed by atoms with Crippen molar-refractivity contribution in [1.82, 2.24) is 5.32 Å². The maximum atomic E-state index is 12.1. The maximum absolute atomic E-state index is 12.1. The Hall–Kier alpha value is -1.32. The number of rotatable bonds is 2. The number of para-hydroxylation sites is 1. The van der Waals surface area contributed by atoms with Gasteiger partial charge in [0.15, 0.2) is 11.3 Å². The molecule has 0 aliphatic carbocycles. The number of furan rings is 1. The molecule has 0 bridgehead atoms. The fraction of sp³-hybridized carbons (Fsp3) is 0.308. The van der Waals surface area contributed by atoms with Gasteiger partial charge >= 0.3 is 0 Å². The van der Waals surface area contributed by atoms with Crippen LogP contribution in [0.4, 0.5) is 0 Å². The van der Waals surface area contributed by atoms with Crippen LogP contribution in [-0.4, -0.2) is 18.4 Å². The summed E-state index contributed by atoms with van der Waals surface area (Å²) >= 11 is 6.01. The van der Waals surface area contributed by atoms with Crippen molar-refractivity contribution < 1.29 is 9.21 Å². The molecule has 17 heavy (non-hydrogen) atoms. The molecule has 1 aromatic heterocycles. The zero-order chi connectivity index (χ0) is 11.8. The van der Waals surface area contributed by atoms with Crippen molar-refractivity contribution >= 4 is 28.4 Å². The Balaban J connectivity index is 2.00. The van der Waals surface area contributed by atoms with Crippen LogP contribution in [0, 0.1) is 0 Å². The predicted octanol–water partition coefficient (Wildman–Crippen LogP) is 3.02. The highest BCUT2D eigenvalue weighted by atomic mass is 35.5. The zero-order valence-corrected chi connectivity index (χ0v) is 9.96. The van der Waals surface area contributed by atoms with Gasteiger partial charge in [0.05, 0.1) is 11.1 Å². The number of benzene rings is 1. The number of carbonyl (C=O) groups excluding carboxylic acids is 1. The Bertz CT molecular complexity index is 570. The van der Waals surface area contributed by atoms with Gasteiger partial charge in [-0.3, -0.25) is 4.79 Å². The van der Waals surface area contributed by atoms with E-state index in [2.05, 4.69) is 5.32 Å². The fourth-order valence-electron chi connectivity index (χ4n) is 2.23. The van der Waals surface area contributed by atoms with E-state index in [-0.39, 0.29) is 11.8 Å². The number of nitrogens with one attached hydrogen (secondary N) is 1. The normalized spacial score (nSPS) is 19.9. The molecule has 1 saturated heterocycles. The van der Waals surface area contributed by atoms with Gasteiger partial charge in [0.2, 0.25) is 5.78 Å². The second-order valence-corrected chi connectivity index (χ2v) is 4.69. The quantitative estimate of drug-likeness (QED) is 0.832. The standard InChI is InChI=1S/C13H12ClNO2/c14-9-4-1-3-8-7-11(17-13(8)9)12(16)10-5-2-6-15-10/h1,3-4,7,10,15H,2,5-6H2. The third-order valence-electron chi connectivity index (χ3n) is 3.12. The SMILES string of the molecule is O=C(c1cc2cccc(Cl)c2o1)C1CCCN1. The Morgan fingerprint density at radius 1 is 1.47 bits per heavy atom. The third-order valence-corrected chi connectivity index (χ3v) is 3.41. The number of hydrogen-bond acceptors (Lipinski definition) is 3. The molecule has 1 aliphatic heterocycles. The lowest BCUT2D eigenvalue weighted by Gasteiger charge is -2.05. The van der Waals surface area contributed by atoms with Gasteiger partial charge in [-0.25, -0.2) is 0 Å². The van der Waals surface area contributed by atoms with Crippen molar-refractivity contribution in [2.24, 2.45) is 0 Å². The number of fused-ring (bicyclic) bond motifs is 1. The molecule has 1 aliphatic rings. The van der Waals surface area contributed by atoms with Crippen molar-refractivity contribution in [2.45, 2.75) is 18.9 Å². The van der Waals surface area contributed by atoms with Crippen LogP contribution in [0.1, 0.15) is 23.4 Å². The zero-order valence-electron chi connectivity index (χ0n) is 9.20. The molecular weight excluding hydrogens is 238 g/mol. The lowest BCUT2D eigenvalue weighted by Crippen LogP contribution is -2.30. The molecule has 2 aromatic rings. The summed E-state index contributed by atoms with van der Waals surface area (Å²) in [5.41, 5.74) is 0.593. The van der Waals surface area contributed by atoms with Crippen LogP contribution in [0.2, 0.25) is 5.02 Å². The summed E-state index contributed by atoms with van der Waals surface area (Å²) in [6, 6.07) is 7.17. The summed E-state index contributed by atoms with van der Waals surface area (Å²) in [7, 11) is 0. The van der Waals surface area contributed by atoms with E-state index in [4.69, 9.17) is 16.0 Å². The van der Waals surface area contributed by atoms with E-state index in [1.54, 1.807) is 12.1 Å². The minimum atomic E-state index is -0.102. The first-order valence-corrected chi connectivity index (χ1v) is 6.09. The van der Waals surface area contributed by atoms with Gasteiger partial charge in [0.25, 0.3) is 0 Å². The van der Waals surface area contributed by atoms with Gasteiger partial charge in [-0.1, -0.05) is 23.7 Å². The van der Waals surface area contributed by atoms with Gasteiger partial charge in [-0.05, 0) is 31.5 Å². The summed E-state index contributed by atoms with van der Waals surface area (Å²) in [5.74, 6) is 0.419. The summed E-state index contributed by atoms with van der Waals surface area (Å²) in [6.45, 7) is 0.900. The topological polar surface area (TPSA) is 42.2 Å². The van der Waals surface area contributed by atoms with Crippen molar-refractivity contribution in [1.29, 1.82) is 0 Å². The number of carbonyl (C=O) groups is 1. The van der Waals surface area contributed by atoms with Crippen LogP contribution < -0.4 is 5.32 Å². The average molecular weight is 250 g/mol. The van der Waals surface area contributed by atoms with Gasteiger partial charge in [0, 0.05) is 5.39 Å². The van der Waals surface area contributed by atoms with Crippen LogP contribution in [0.15, 0.2) is 28.7 Å². The monoisotopic (exact) mass is 249 g/mol. The average Bonchev–Trinajstić information content (AvgIpc) is 2.98. The molecule has 1 fully saturated rings. The number of halogens is 1. The summed E-state index contributed by atoms with van der Waals surface area (Å²) < 4.78 is 5.55. The van der Waals surface area contributed by atoms with Crippen LogP contribution in [0.5, 0.6) is 0 Å². The molecule has 2 heterocycles. The van der Waals surface area contributed by atoms with E-state index in [1.165, 1.54) is 0 Å². The Kier molecular flexibility index (Phi) is 2.65.